The van der Waals surface area contributed by atoms with E-state index in [0.717, 1.165) is 42.5 Å². The molecule has 0 saturated carbocycles. The van der Waals surface area contributed by atoms with Gasteiger partial charge in [-0.05, 0) is 54.1 Å². The van der Waals surface area contributed by atoms with Gasteiger partial charge in [-0.1, -0.05) is 12.1 Å². The maximum Gasteiger partial charge on any atom is 0.282 e. The molecule has 0 aliphatic carbocycles. The molecular weight excluding hydrogens is 400 g/mol. The molecule has 0 atom stereocenters. The number of anilines is 2. The van der Waals surface area contributed by atoms with Crippen LogP contribution in [-0.2, 0) is 9.59 Å². The fourth-order valence-electron chi connectivity index (χ4n) is 3.07. The van der Waals surface area contributed by atoms with Gasteiger partial charge in [0.05, 0.1) is 11.3 Å². The van der Waals surface area contributed by atoms with Gasteiger partial charge < -0.3 is 5.32 Å². The Labute approximate surface area is 168 Å². The molecule has 0 saturated heterocycles. The van der Waals surface area contributed by atoms with Crippen LogP contribution in [0.4, 0.5) is 28.9 Å². The molecule has 1 heterocycles. The topological polar surface area (TPSA) is 49.4 Å². The molecule has 3 aromatic rings. The van der Waals surface area contributed by atoms with Gasteiger partial charge >= 0.3 is 0 Å². The molecule has 3 aromatic carbocycles. The van der Waals surface area contributed by atoms with E-state index >= 15 is 0 Å². The standard InChI is InChI=1S/C22H12F4N2O2/c23-13-3-1-12(2-4-13)19-20(27-15-7-5-14(24)6-8-15)22(30)28(21(19)29)16-9-10-17(25)18(26)11-16/h1-11,27H. The highest BCUT2D eigenvalue weighted by atomic mass is 19.2. The summed E-state index contributed by atoms with van der Waals surface area (Å²) in [5.74, 6) is -5.02. The molecule has 4 rings (SSSR count). The quantitative estimate of drug-likeness (QED) is 0.502. The van der Waals surface area contributed by atoms with Crippen LogP contribution in [0.2, 0.25) is 0 Å². The van der Waals surface area contributed by atoms with Crippen LogP contribution in [0.15, 0.2) is 72.4 Å². The fraction of sp³-hybridized carbons (Fsp3) is 0. The number of amides is 2. The number of rotatable bonds is 4. The molecule has 0 spiro atoms. The number of benzene rings is 3. The molecule has 0 fully saturated rings. The molecule has 0 bridgehead atoms. The van der Waals surface area contributed by atoms with Crippen LogP contribution >= 0.6 is 0 Å². The van der Waals surface area contributed by atoms with Crippen molar-refractivity contribution >= 4 is 28.8 Å². The highest BCUT2D eigenvalue weighted by Crippen LogP contribution is 2.34. The first-order chi connectivity index (χ1) is 14.3. The second-order valence-corrected chi connectivity index (χ2v) is 6.43. The summed E-state index contributed by atoms with van der Waals surface area (Å²) in [4.78, 5) is 26.8. The van der Waals surface area contributed by atoms with Gasteiger partial charge in [-0.2, -0.15) is 0 Å². The fourth-order valence-corrected chi connectivity index (χ4v) is 3.07. The first kappa shape index (κ1) is 19.4. The van der Waals surface area contributed by atoms with E-state index in [2.05, 4.69) is 5.32 Å². The Bertz CT molecular complexity index is 1190. The Morgan fingerprint density at radius 3 is 1.87 bits per heavy atom. The van der Waals surface area contributed by atoms with Crippen molar-refractivity contribution in [2.24, 2.45) is 0 Å². The maximum atomic E-state index is 13.7. The summed E-state index contributed by atoms with van der Waals surface area (Å²) in [5.41, 5.74) is 0.139. The summed E-state index contributed by atoms with van der Waals surface area (Å²) in [5, 5.41) is 2.78. The largest absolute Gasteiger partial charge is 0.350 e. The number of hydrogen-bond acceptors (Lipinski definition) is 3. The first-order valence-electron chi connectivity index (χ1n) is 8.72. The molecule has 150 valence electrons. The summed E-state index contributed by atoms with van der Waals surface area (Å²) in [7, 11) is 0. The number of nitrogens with one attached hydrogen (secondary N) is 1. The smallest absolute Gasteiger partial charge is 0.282 e. The maximum absolute atomic E-state index is 13.7. The Balaban J connectivity index is 1.82. The summed E-state index contributed by atoms with van der Waals surface area (Å²) >= 11 is 0. The molecule has 1 N–H and O–H groups in total. The van der Waals surface area contributed by atoms with E-state index in [4.69, 9.17) is 0 Å². The van der Waals surface area contributed by atoms with Crippen molar-refractivity contribution in [3.05, 3.63) is 101 Å². The Morgan fingerprint density at radius 1 is 0.667 bits per heavy atom. The van der Waals surface area contributed by atoms with Gasteiger partial charge in [-0.3, -0.25) is 9.59 Å². The van der Waals surface area contributed by atoms with E-state index in [1.54, 1.807) is 0 Å². The Hall–Kier alpha value is -3.94. The van der Waals surface area contributed by atoms with Crippen molar-refractivity contribution in [3.8, 4) is 0 Å². The Morgan fingerprint density at radius 2 is 1.27 bits per heavy atom. The van der Waals surface area contributed by atoms with Gasteiger partial charge in [0.25, 0.3) is 11.8 Å². The molecule has 30 heavy (non-hydrogen) atoms. The lowest BCUT2D eigenvalue weighted by atomic mass is 10.0. The third-order valence-electron chi connectivity index (χ3n) is 4.49. The van der Waals surface area contributed by atoms with Crippen molar-refractivity contribution < 1.29 is 27.2 Å². The number of imide groups is 1. The number of hydrogen-bond donors (Lipinski definition) is 1. The minimum absolute atomic E-state index is 0.0888. The van der Waals surface area contributed by atoms with Crippen LogP contribution in [0.3, 0.4) is 0 Å². The van der Waals surface area contributed by atoms with Gasteiger partial charge in [0.1, 0.15) is 17.3 Å². The summed E-state index contributed by atoms with van der Waals surface area (Å²) < 4.78 is 53.6. The van der Waals surface area contributed by atoms with Crippen molar-refractivity contribution in [2.45, 2.75) is 0 Å². The molecular formula is C22H12F4N2O2. The highest BCUT2D eigenvalue weighted by molar-refractivity contribution is 6.46. The van der Waals surface area contributed by atoms with E-state index in [9.17, 15) is 27.2 Å². The first-order valence-corrected chi connectivity index (χ1v) is 8.72. The number of carbonyl (C=O) groups is 2. The molecule has 0 radical (unpaired) electrons. The molecule has 0 unspecified atom stereocenters. The SMILES string of the molecule is O=C1C(Nc2ccc(F)cc2)=C(c2ccc(F)cc2)C(=O)N1c1ccc(F)c(F)c1. The predicted octanol–water partition coefficient (Wildman–Crippen LogP) is 4.64. The molecule has 1 aliphatic rings. The molecule has 2 amide bonds. The average molecular weight is 412 g/mol. The van der Waals surface area contributed by atoms with E-state index in [1.807, 2.05) is 0 Å². The minimum atomic E-state index is -1.23. The molecule has 1 aliphatic heterocycles. The second kappa shape index (κ2) is 7.47. The van der Waals surface area contributed by atoms with Gasteiger partial charge in [-0.25, -0.2) is 22.5 Å². The zero-order valence-corrected chi connectivity index (χ0v) is 15.1. The van der Waals surface area contributed by atoms with Crippen LogP contribution in [0, 0.1) is 23.3 Å². The lowest BCUT2D eigenvalue weighted by Crippen LogP contribution is -2.32. The number of halogens is 4. The lowest BCUT2D eigenvalue weighted by molar-refractivity contribution is -0.120. The van der Waals surface area contributed by atoms with Crippen molar-refractivity contribution in [1.82, 2.24) is 0 Å². The summed E-state index contributed by atoms with van der Waals surface area (Å²) in [6, 6.07) is 12.5. The summed E-state index contributed by atoms with van der Waals surface area (Å²) in [6.07, 6.45) is 0. The van der Waals surface area contributed by atoms with E-state index in [-0.39, 0.29) is 22.5 Å². The third-order valence-corrected chi connectivity index (χ3v) is 4.49. The average Bonchev–Trinajstić information content (AvgIpc) is 2.96. The molecule has 4 nitrogen and oxygen atoms in total. The minimum Gasteiger partial charge on any atom is -0.350 e. The van der Waals surface area contributed by atoms with Crippen LogP contribution < -0.4 is 10.2 Å². The monoisotopic (exact) mass is 412 g/mol. The summed E-state index contributed by atoms with van der Waals surface area (Å²) in [6.45, 7) is 0. The van der Waals surface area contributed by atoms with E-state index in [0.29, 0.717) is 10.6 Å². The predicted molar refractivity (Wildman–Crippen MR) is 102 cm³/mol. The van der Waals surface area contributed by atoms with Crippen LogP contribution in [0.25, 0.3) is 5.57 Å². The number of nitrogens with zero attached hydrogens (tertiary/aromatic N) is 1. The van der Waals surface area contributed by atoms with Crippen molar-refractivity contribution in [1.29, 1.82) is 0 Å². The Kier molecular flexibility index (Phi) is 4.83. The number of carbonyl (C=O) groups excluding carboxylic acids is 2. The van der Waals surface area contributed by atoms with Gasteiger partial charge in [0.2, 0.25) is 0 Å². The third kappa shape index (κ3) is 3.43. The molecule has 8 heteroatoms. The normalized spacial score (nSPS) is 13.9. The van der Waals surface area contributed by atoms with Crippen molar-refractivity contribution in [2.75, 3.05) is 10.2 Å². The van der Waals surface area contributed by atoms with Crippen molar-refractivity contribution in [3.63, 3.8) is 0 Å². The zero-order valence-electron chi connectivity index (χ0n) is 15.1. The highest BCUT2D eigenvalue weighted by Gasteiger charge is 2.40. The zero-order chi connectivity index (χ0) is 21.4. The van der Waals surface area contributed by atoms with Crippen LogP contribution in [-0.4, -0.2) is 11.8 Å². The second-order valence-electron chi connectivity index (χ2n) is 6.43. The van der Waals surface area contributed by atoms with Crippen LogP contribution in [0.5, 0.6) is 0 Å². The molecule has 0 aromatic heterocycles. The lowest BCUT2D eigenvalue weighted by Gasteiger charge is -2.15. The van der Waals surface area contributed by atoms with Gasteiger partial charge in [0, 0.05) is 11.8 Å². The van der Waals surface area contributed by atoms with Gasteiger partial charge in [-0.15, -0.1) is 0 Å². The van der Waals surface area contributed by atoms with Crippen LogP contribution in [0.1, 0.15) is 5.56 Å². The van der Waals surface area contributed by atoms with E-state index in [1.165, 1.54) is 24.3 Å². The van der Waals surface area contributed by atoms with Gasteiger partial charge in [0.15, 0.2) is 11.6 Å². The van der Waals surface area contributed by atoms with E-state index < -0.39 is 35.1 Å².